The Labute approximate surface area is 80.3 Å². The van der Waals surface area contributed by atoms with E-state index in [-0.39, 0.29) is 0 Å². The maximum absolute atomic E-state index is 10.6. The van der Waals surface area contributed by atoms with Crippen LogP contribution in [-0.2, 0) is 4.79 Å². The first-order chi connectivity index (χ1) is 6.68. The number of para-hydroxylation sites is 1. The molecule has 1 aromatic carbocycles. The fourth-order valence-corrected chi connectivity index (χ4v) is 1.40. The van der Waals surface area contributed by atoms with E-state index >= 15 is 0 Å². The number of rotatable bonds is 2. The summed E-state index contributed by atoms with van der Waals surface area (Å²) in [5.41, 5.74) is 6.90. The summed E-state index contributed by atoms with van der Waals surface area (Å²) >= 11 is 0. The second-order valence-electron chi connectivity index (χ2n) is 3.13. The molecule has 0 radical (unpaired) electrons. The van der Waals surface area contributed by atoms with Gasteiger partial charge in [0, 0.05) is 11.2 Å². The number of nitrogens with two attached hydrogens (primary N) is 1. The summed E-state index contributed by atoms with van der Waals surface area (Å²) in [6, 6.07) is 8.34. The maximum Gasteiger partial charge on any atom is 0.326 e. The number of H-pyrrole nitrogens is 1. The number of carboxylic acid groups (broad SMARTS) is 1. The van der Waals surface area contributed by atoms with Gasteiger partial charge in [0.1, 0.15) is 6.04 Å². The number of hydrogen-bond acceptors (Lipinski definition) is 2. The van der Waals surface area contributed by atoms with Crippen LogP contribution in [0.3, 0.4) is 0 Å². The third kappa shape index (κ3) is 1.36. The summed E-state index contributed by atoms with van der Waals surface area (Å²) in [6.07, 6.45) is 0. The molecule has 0 aliphatic heterocycles. The fourth-order valence-electron chi connectivity index (χ4n) is 1.40. The highest BCUT2D eigenvalue weighted by Crippen LogP contribution is 2.18. The molecule has 0 aliphatic rings. The zero-order valence-electron chi connectivity index (χ0n) is 7.40. The summed E-state index contributed by atoms with van der Waals surface area (Å²) in [5, 5.41) is 9.69. The van der Waals surface area contributed by atoms with Crippen molar-refractivity contribution in [2.24, 2.45) is 5.73 Å². The monoisotopic (exact) mass is 190 g/mol. The van der Waals surface area contributed by atoms with Crippen LogP contribution in [0.5, 0.6) is 0 Å². The summed E-state index contributed by atoms with van der Waals surface area (Å²) in [7, 11) is 0. The van der Waals surface area contributed by atoms with Gasteiger partial charge in [-0.15, -0.1) is 0 Å². The number of fused-ring (bicyclic) bond motifs is 1. The third-order valence-electron chi connectivity index (χ3n) is 2.15. The van der Waals surface area contributed by atoms with Crippen molar-refractivity contribution in [1.29, 1.82) is 0 Å². The lowest BCUT2D eigenvalue weighted by molar-refractivity contribution is -0.138. The highest BCUT2D eigenvalue weighted by molar-refractivity contribution is 5.83. The van der Waals surface area contributed by atoms with Crippen LogP contribution in [0.2, 0.25) is 0 Å². The molecule has 1 atom stereocenters. The normalized spacial score (nSPS) is 12.9. The molecule has 2 aromatic rings. The van der Waals surface area contributed by atoms with Gasteiger partial charge < -0.3 is 15.8 Å². The first-order valence-electron chi connectivity index (χ1n) is 4.24. The molecule has 4 N–H and O–H groups in total. The van der Waals surface area contributed by atoms with Crippen LogP contribution in [0.15, 0.2) is 30.3 Å². The molecule has 2 rings (SSSR count). The van der Waals surface area contributed by atoms with Gasteiger partial charge in [-0.2, -0.15) is 0 Å². The van der Waals surface area contributed by atoms with E-state index in [0.29, 0.717) is 5.69 Å². The number of nitrogens with one attached hydrogen (secondary N) is 1. The Morgan fingerprint density at radius 3 is 2.79 bits per heavy atom. The Balaban J connectivity index is 2.50. The number of carbonyl (C=O) groups is 1. The Morgan fingerprint density at radius 1 is 1.43 bits per heavy atom. The minimum absolute atomic E-state index is 0.527. The molecule has 0 amide bonds. The Morgan fingerprint density at radius 2 is 2.14 bits per heavy atom. The smallest absolute Gasteiger partial charge is 0.326 e. The van der Waals surface area contributed by atoms with Gasteiger partial charge in [-0.05, 0) is 17.5 Å². The molecule has 1 aromatic heterocycles. The van der Waals surface area contributed by atoms with Gasteiger partial charge in [-0.3, -0.25) is 4.79 Å². The van der Waals surface area contributed by atoms with Crippen molar-refractivity contribution in [3.05, 3.63) is 36.0 Å². The van der Waals surface area contributed by atoms with Crippen molar-refractivity contribution < 1.29 is 9.90 Å². The van der Waals surface area contributed by atoms with Crippen LogP contribution in [0, 0.1) is 0 Å². The van der Waals surface area contributed by atoms with Crippen LogP contribution >= 0.6 is 0 Å². The van der Waals surface area contributed by atoms with Gasteiger partial charge in [0.15, 0.2) is 0 Å². The number of carboxylic acids is 1. The molecule has 14 heavy (non-hydrogen) atoms. The van der Waals surface area contributed by atoms with Crippen LogP contribution in [0.1, 0.15) is 11.7 Å². The minimum atomic E-state index is -1.03. The lowest BCUT2D eigenvalue weighted by Gasteiger charge is -2.01. The first-order valence-corrected chi connectivity index (χ1v) is 4.24. The summed E-state index contributed by atoms with van der Waals surface area (Å²) < 4.78 is 0. The Hall–Kier alpha value is -1.81. The molecular weight excluding hydrogens is 180 g/mol. The Kier molecular flexibility index (Phi) is 1.98. The molecule has 4 nitrogen and oxygen atoms in total. The molecule has 0 unspecified atom stereocenters. The van der Waals surface area contributed by atoms with E-state index in [1.165, 1.54) is 0 Å². The summed E-state index contributed by atoms with van der Waals surface area (Å²) in [6.45, 7) is 0. The fraction of sp³-hybridized carbons (Fsp3) is 0.100. The van der Waals surface area contributed by atoms with Gasteiger partial charge in [0.2, 0.25) is 0 Å². The summed E-state index contributed by atoms with van der Waals surface area (Å²) in [4.78, 5) is 13.6. The Bertz CT molecular complexity index is 443. The van der Waals surface area contributed by atoms with Gasteiger partial charge in [-0.25, -0.2) is 0 Å². The highest BCUT2D eigenvalue weighted by Gasteiger charge is 2.15. The third-order valence-corrected chi connectivity index (χ3v) is 2.15. The van der Waals surface area contributed by atoms with Crippen LogP contribution in [-0.4, -0.2) is 16.1 Å². The molecule has 0 spiro atoms. The van der Waals surface area contributed by atoms with Gasteiger partial charge in [0.25, 0.3) is 0 Å². The predicted molar refractivity (Wildman–Crippen MR) is 52.9 cm³/mol. The standard InChI is InChI=1S/C10H10N2O2/c11-9(10(13)14)8-5-6-3-1-2-4-7(6)12-8/h1-5,9,12H,11H2,(H,13,14)/t9-/m1/s1. The second-order valence-corrected chi connectivity index (χ2v) is 3.13. The SMILES string of the molecule is N[C@@H](C(=O)O)c1cc2ccccc2[nH]1. The molecular formula is C10H10N2O2. The highest BCUT2D eigenvalue weighted by atomic mass is 16.4. The molecule has 72 valence electrons. The van der Waals surface area contributed by atoms with E-state index in [0.717, 1.165) is 10.9 Å². The van der Waals surface area contributed by atoms with E-state index in [4.69, 9.17) is 10.8 Å². The van der Waals surface area contributed by atoms with Crippen molar-refractivity contribution >= 4 is 16.9 Å². The molecule has 0 fully saturated rings. The second kappa shape index (κ2) is 3.16. The maximum atomic E-state index is 10.6. The van der Waals surface area contributed by atoms with E-state index in [9.17, 15) is 4.79 Å². The first kappa shape index (κ1) is 8.77. The van der Waals surface area contributed by atoms with Gasteiger partial charge in [-0.1, -0.05) is 18.2 Å². The lowest BCUT2D eigenvalue weighted by atomic mass is 10.2. The number of aliphatic carboxylic acids is 1. The van der Waals surface area contributed by atoms with Crippen molar-refractivity contribution in [3.63, 3.8) is 0 Å². The van der Waals surface area contributed by atoms with Crippen molar-refractivity contribution in [1.82, 2.24) is 4.98 Å². The molecule has 0 bridgehead atoms. The zero-order valence-corrected chi connectivity index (χ0v) is 7.40. The molecule has 1 heterocycles. The average Bonchev–Trinajstić information content (AvgIpc) is 2.59. The van der Waals surface area contributed by atoms with Crippen LogP contribution in [0.25, 0.3) is 10.9 Å². The number of benzene rings is 1. The lowest BCUT2D eigenvalue weighted by Crippen LogP contribution is -2.20. The van der Waals surface area contributed by atoms with E-state index in [2.05, 4.69) is 4.98 Å². The van der Waals surface area contributed by atoms with Crippen LogP contribution in [0.4, 0.5) is 0 Å². The van der Waals surface area contributed by atoms with Crippen LogP contribution < -0.4 is 5.73 Å². The van der Waals surface area contributed by atoms with Crippen molar-refractivity contribution in [3.8, 4) is 0 Å². The number of aromatic amines is 1. The topological polar surface area (TPSA) is 79.1 Å². The zero-order chi connectivity index (χ0) is 10.1. The number of aromatic nitrogens is 1. The molecule has 0 saturated heterocycles. The molecule has 0 aliphatic carbocycles. The van der Waals surface area contributed by atoms with E-state index in [1.54, 1.807) is 6.07 Å². The van der Waals surface area contributed by atoms with Gasteiger partial charge >= 0.3 is 5.97 Å². The summed E-state index contributed by atoms with van der Waals surface area (Å²) in [5.74, 6) is -1.03. The average molecular weight is 190 g/mol. The quantitative estimate of drug-likeness (QED) is 0.666. The predicted octanol–water partition coefficient (Wildman–Crippen LogP) is 1.25. The minimum Gasteiger partial charge on any atom is -0.480 e. The molecule has 4 heteroatoms. The largest absolute Gasteiger partial charge is 0.480 e. The van der Waals surface area contributed by atoms with E-state index < -0.39 is 12.0 Å². The molecule has 0 saturated carbocycles. The van der Waals surface area contributed by atoms with Gasteiger partial charge in [0.05, 0.1) is 0 Å². The van der Waals surface area contributed by atoms with E-state index in [1.807, 2.05) is 24.3 Å². The van der Waals surface area contributed by atoms with Crippen molar-refractivity contribution in [2.75, 3.05) is 0 Å². The van der Waals surface area contributed by atoms with Crippen molar-refractivity contribution in [2.45, 2.75) is 6.04 Å². The number of hydrogen-bond donors (Lipinski definition) is 3.